The van der Waals surface area contributed by atoms with E-state index in [1.165, 1.54) is 64.7 Å². The molecule has 166 valence electrons. The van der Waals surface area contributed by atoms with Crippen molar-refractivity contribution in [3.63, 3.8) is 0 Å². The molecule has 0 bridgehead atoms. The normalized spacial score (nSPS) is 41.2. The Labute approximate surface area is 175 Å². The largest absolute Gasteiger partial charge is 0.379 e. The van der Waals surface area contributed by atoms with Crippen LogP contribution in [0.5, 0.6) is 0 Å². The van der Waals surface area contributed by atoms with Crippen molar-refractivity contribution in [2.24, 2.45) is 11.8 Å². The molecule has 5 saturated heterocycles. The highest BCUT2D eigenvalue weighted by molar-refractivity contribution is 4.92. The predicted octanol–water partition coefficient (Wildman–Crippen LogP) is -0.115. The zero-order valence-electron chi connectivity index (χ0n) is 17.8. The molecule has 8 nitrogen and oxygen atoms in total. The van der Waals surface area contributed by atoms with Gasteiger partial charge >= 0.3 is 0 Å². The third-order valence-electron chi connectivity index (χ3n) is 7.76. The Bertz CT molecular complexity index is 513. The fourth-order valence-corrected chi connectivity index (χ4v) is 6.02. The van der Waals surface area contributed by atoms with Gasteiger partial charge in [0.25, 0.3) is 0 Å². The molecule has 0 saturated carbocycles. The minimum Gasteiger partial charge on any atom is -0.379 e. The third-order valence-corrected chi connectivity index (χ3v) is 7.76. The van der Waals surface area contributed by atoms with Gasteiger partial charge in [0.15, 0.2) is 0 Å². The van der Waals surface area contributed by atoms with Gasteiger partial charge in [-0.1, -0.05) is 0 Å². The summed E-state index contributed by atoms with van der Waals surface area (Å²) in [6.45, 7) is 9.74. The van der Waals surface area contributed by atoms with Gasteiger partial charge in [-0.05, 0) is 76.5 Å². The maximum absolute atomic E-state index is 6.13. The van der Waals surface area contributed by atoms with E-state index < -0.39 is 0 Å². The molecule has 4 unspecified atom stereocenters. The predicted molar refractivity (Wildman–Crippen MR) is 112 cm³/mol. The van der Waals surface area contributed by atoms with Gasteiger partial charge in [0, 0.05) is 19.6 Å². The number of nitrogens with zero attached hydrogens (tertiary/aromatic N) is 2. The van der Waals surface area contributed by atoms with Crippen LogP contribution in [0.1, 0.15) is 38.5 Å². The monoisotopic (exact) mass is 408 g/mol. The fourth-order valence-electron chi connectivity index (χ4n) is 6.02. The van der Waals surface area contributed by atoms with Crippen molar-refractivity contribution in [1.29, 1.82) is 0 Å². The van der Waals surface area contributed by atoms with Gasteiger partial charge in [-0.2, -0.15) is 5.48 Å². The zero-order chi connectivity index (χ0) is 19.5. The van der Waals surface area contributed by atoms with E-state index in [1.807, 2.05) is 0 Å². The van der Waals surface area contributed by atoms with Crippen LogP contribution in [-0.4, -0.2) is 93.4 Å². The molecular formula is C21H40N6O2. The molecule has 0 aromatic heterocycles. The molecule has 0 radical (unpaired) electrons. The lowest BCUT2D eigenvalue weighted by molar-refractivity contribution is -0.0304. The standard InChI is InChI=1S/C21H40N6O2/c1-2-18(27(9-1)15-16-3-6-22-7-4-16)21-24-20(25-29-21)17-5-8-23-19(14-17)26-10-12-28-13-11-26/h16-25H,1-15H2/t17?,18-,19?,20?,21?/m0/s1. The van der Waals surface area contributed by atoms with Gasteiger partial charge in [0.05, 0.1) is 31.6 Å². The first-order chi connectivity index (χ1) is 14.4. The van der Waals surface area contributed by atoms with E-state index in [1.54, 1.807) is 0 Å². The van der Waals surface area contributed by atoms with Crippen LogP contribution in [0.3, 0.4) is 0 Å². The van der Waals surface area contributed by atoms with E-state index in [-0.39, 0.29) is 12.4 Å². The van der Waals surface area contributed by atoms with Crippen molar-refractivity contribution in [2.75, 3.05) is 59.0 Å². The maximum Gasteiger partial charge on any atom is 0.146 e. The van der Waals surface area contributed by atoms with E-state index >= 15 is 0 Å². The van der Waals surface area contributed by atoms with E-state index in [2.05, 4.69) is 31.2 Å². The molecule has 5 rings (SSSR count). The summed E-state index contributed by atoms with van der Waals surface area (Å²) >= 11 is 0. The van der Waals surface area contributed by atoms with Crippen LogP contribution in [0.2, 0.25) is 0 Å². The number of rotatable bonds is 5. The van der Waals surface area contributed by atoms with Crippen LogP contribution in [0.25, 0.3) is 0 Å². The van der Waals surface area contributed by atoms with Crippen LogP contribution < -0.4 is 21.4 Å². The van der Waals surface area contributed by atoms with Crippen molar-refractivity contribution in [2.45, 2.75) is 63.1 Å². The third kappa shape index (κ3) is 4.96. The van der Waals surface area contributed by atoms with Crippen molar-refractivity contribution in [1.82, 2.24) is 31.2 Å². The first-order valence-corrected chi connectivity index (χ1v) is 12.0. The summed E-state index contributed by atoms with van der Waals surface area (Å²) in [5, 5.41) is 11.1. The van der Waals surface area contributed by atoms with Crippen LogP contribution in [-0.2, 0) is 9.57 Å². The molecule has 5 fully saturated rings. The minimum absolute atomic E-state index is 0.126. The molecule has 8 heteroatoms. The number of ether oxygens (including phenoxy) is 1. The number of nitrogens with one attached hydrogen (secondary N) is 4. The number of piperidine rings is 2. The van der Waals surface area contributed by atoms with Crippen LogP contribution >= 0.6 is 0 Å². The Morgan fingerprint density at radius 3 is 2.66 bits per heavy atom. The maximum atomic E-state index is 6.13. The summed E-state index contributed by atoms with van der Waals surface area (Å²) < 4.78 is 5.53. The summed E-state index contributed by atoms with van der Waals surface area (Å²) in [6, 6.07) is 0.513. The topological polar surface area (TPSA) is 73.1 Å². The van der Waals surface area contributed by atoms with E-state index in [0.717, 1.165) is 38.8 Å². The van der Waals surface area contributed by atoms with Gasteiger partial charge in [-0.15, -0.1) is 0 Å². The van der Waals surface area contributed by atoms with Crippen molar-refractivity contribution >= 4 is 0 Å². The van der Waals surface area contributed by atoms with E-state index in [9.17, 15) is 0 Å². The molecule has 0 spiro atoms. The Morgan fingerprint density at radius 2 is 1.79 bits per heavy atom. The Balaban J connectivity index is 1.13. The second kappa shape index (κ2) is 9.87. The average molecular weight is 409 g/mol. The molecule has 5 atom stereocenters. The molecule has 4 N–H and O–H groups in total. The summed E-state index contributed by atoms with van der Waals surface area (Å²) in [6.07, 6.45) is 8.43. The minimum atomic E-state index is 0.126. The van der Waals surface area contributed by atoms with Gasteiger partial charge in [0.2, 0.25) is 0 Å². The number of hydrogen-bond donors (Lipinski definition) is 4. The number of likely N-dealkylation sites (tertiary alicyclic amines) is 1. The lowest BCUT2D eigenvalue weighted by atomic mass is 9.92. The van der Waals surface area contributed by atoms with Gasteiger partial charge in [0.1, 0.15) is 6.23 Å². The second-order valence-electron chi connectivity index (χ2n) is 9.60. The zero-order valence-corrected chi connectivity index (χ0v) is 17.8. The Kier molecular flexibility index (Phi) is 7.00. The number of hydroxylamine groups is 1. The molecule has 0 amide bonds. The fraction of sp³-hybridized carbons (Fsp3) is 1.00. The molecule has 0 aliphatic carbocycles. The first-order valence-electron chi connectivity index (χ1n) is 12.0. The summed E-state index contributed by atoms with van der Waals surface area (Å²) in [5.74, 6) is 1.45. The van der Waals surface area contributed by atoms with Crippen LogP contribution in [0.15, 0.2) is 0 Å². The van der Waals surface area contributed by atoms with E-state index in [4.69, 9.17) is 9.57 Å². The van der Waals surface area contributed by atoms with Gasteiger partial charge < -0.3 is 15.4 Å². The summed E-state index contributed by atoms with van der Waals surface area (Å²) in [7, 11) is 0. The van der Waals surface area contributed by atoms with Gasteiger partial charge in [-0.3, -0.25) is 20.0 Å². The molecule has 0 aromatic rings. The number of hydrogen-bond acceptors (Lipinski definition) is 8. The molecule has 0 aromatic carbocycles. The lowest BCUT2D eigenvalue weighted by Crippen LogP contribution is -2.57. The smallest absolute Gasteiger partial charge is 0.146 e. The van der Waals surface area contributed by atoms with Crippen molar-refractivity contribution in [3.05, 3.63) is 0 Å². The molecule has 5 aliphatic heterocycles. The van der Waals surface area contributed by atoms with Crippen molar-refractivity contribution < 1.29 is 9.57 Å². The first kappa shape index (κ1) is 20.6. The summed E-state index contributed by atoms with van der Waals surface area (Å²) in [4.78, 5) is 11.4. The second-order valence-corrected chi connectivity index (χ2v) is 9.60. The quantitative estimate of drug-likeness (QED) is 0.502. The molecule has 5 aliphatic rings. The molecular weight excluding hydrogens is 368 g/mol. The van der Waals surface area contributed by atoms with Gasteiger partial charge in [-0.25, -0.2) is 0 Å². The molecule has 29 heavy (non-hydrogen) atoms. The van der Waals surface area contributed by atoms with Crippen molar-refractivity contribution in [3.8, 4) is 0 Å². The van der Waals surface area contributed by atoms with Crippen LogP contribution in [0, 0.1) is 11.8 Å². The molecule has 5 heterocycles. The lowest BCUT2D eigenvalue weighted by Gasteiger charge is -2.41. The van der Waals surface area contributed by atoms with E-state index in [0.29, 0.717) is 18.1 Å². The SMILES string of the molecule is C1C[C@@H](C2NC(C3CCNC(N4CCOCC4)C3)NO2)N(CC2CCNCC2)C1. The average Bonchev–Trinajstić information content (AvgIpc) is 3.45. The van der Waals surface area contributed by atoms with Crippen LogP contribution in [0.4, 0.5) is 0 Å². The highest BCUT2D eigenvalue weighted by Gasteiger charge is 2.41. The number of morpholine rings is 1. The Hall–Kier alpha value is -0.320. The highest BCUT2D eigenvalue weighted by atomic mass is 16.7. The highest BCUT2D eigenvalue weighted by Crippen LogP contribution is 2.29. The Morgan fingerprint density at radius 1 is 0.931 bits per heavy atom. The summed E-state index contributed by atoms with van der Waals surface area (Å²) in [5.41, 5.74) is 3.38.